The third kappa shape index (κ3) is 3.05. The van der Waals surface area contributed by atoms with Gasteiger partial charge in [0.2, 0.25) is 0 Å². The molecule has 0 N–H and O–H groups in total. The zero-order valence-corrected chi connectivity index (χ0v) is 3.88. The van der Waals surface area contributed by atoms with Crippen molar-refractivity contribution >= 4 is 5.91 Å². The summed E-state index contributed by atoms with van der Waals surface area (Å²) < 4.78 is 4.25. The second kappa shape index (κ2) is 3.42. The molecule has 0 saturated carbocycles. The van der Waals surface area contributed by atoms with Crippen LogP contribution in [0.5, 0.6) is 0 Å². The predicted octanol–water partition coefficient (Wildman–Crippen LogP) is -0.0742. The molecule has 0 aromatic heterocycles. The Morgan fingerprint density at radius 3 is 2.57 bits per heavy atom. The van der Waals surface area contributed by atoms with Crippen molar-refractivity contribution < 1.29 is 9.53 Å². The summed E-state index contributed by atoms with van der Waals surface area (Å²) in [4.78, 5) is 19.0. The summed E-state index contributed by atoms with van der Waals surface area (Å²) in [6.45, 7) is -0.219. The van der Waals surface area contributed by atoms with Crippen LogP contribution in [0, 0.1) is 4.91 Å². The van der Waals surface area contributed by atoms with Crippen LogP contribution in [-0.2, 0) is 9.53 Å². The Hall–Kier alpha value is -0.770. The molecule has 0 spiro atoms. The highest BCUT2D eigenvalue weighted by molar-refractivity contribution is 5.77. The van der Waals surface area contributed by atoms with Gasteiger partial charge in [0.25, 0.3) is 0 Å². The third-order valence-corrected chi connectivity index (χ3v) is 0.370. The zero-order chi connectivity index (χ0) is 5.70. The van der Waals surface area contributed by atoms with Crippen LogP contribution < -0.4 is 0 Å². The lowest BCUT2D eigenvalue weighted by Crippen LogP contribution is -2.00. The van der Waals surface area contributed by atoms with Gasteiger partial charge in [-0.3, -0.25) is 4.79 Å². The second-order valence-corrected chi connectivity index (χ2v) is 0.918. The standard InChI is InChI=1S/C3H5NO3/c1-7-2-3(5)4-6/h2H2,1H3. The second-order valence-electron chi connectivity index (χ2n) is 0.918. The van der Waals surface area contributed by atoms with Crippen LogP contribution in [0.3, 0.4) is 0 Å². The molecule has 0 saturated heterocycles. The van der Waals surface area contributed by atoms with Crippen LogP contribution in [-0.4, -0.2) is 19.6 Å². The van der Waals surface area contributed by atoms with Gasteiger partial charge in [0.05, 0.1) is 0 Å². The SMILES string of the molecule is COCC(=O)N=O. The molecule has 0 rings (SSSR count). The Morgan fingerprint density at radius 2 is 2.43 bits per heavy atom. The van der Waals surface area contributed by atoms with Crippen molar-refractivity contribution in [3.8, 4) is 0 Å². The maximum Gasteiger partial charge on any atom is 0.311 e. The van der Waals surface area contributed by atoms with Gasteiger partial charge in [0.1, 0.15) is 6.61 Å². The van der Waals surface area contributed by atoms with E-state index in [4.69, 9.17) is 0 Å². The van der Waals surface area contributed by atoms with E-state index in [0.29, 0.717) is 0 Å². The predicted molar refractivity (Wildman–Crippen MR) is 22.7 cm³/mol. The first-order valence-corrected chi connectivity index (χ1v) is 1.66. The number of nitrogens with zero attached hydrogens (tertiary/aromatic N) is 1. The number of rotatable bonds is 2. The Balaban J connectivity index is 3.17. The average molecular weight is 103 g/mol. The molecule has 0 radical (unpaired) electrons. The molecule has 0 atom stereocenters. The van der Waals surface area contributed by atoms with E-state index in [0.717, 1.165) is 0 Å². The maximum atomic E-state index is 9.81. The normalized spacial score (nSPS) is 8.14. The highest BCUT2D eigenvalue weighted by atomic mass is 16.5. The minimum Gasteiger partial charge on any atom is -0.375 e. The molecule has 0 aliphatic carbocycles. The number of nitroso groups, excluding NO2 is 1. The average Bonchev–Trinajstić information content (AvgIpc) is 1.68. The molecule has 4 heteroatoms. The van der Waals surface area contributed by atoms with Crippen molar-refractivity contribution in [2.24, 2.45) is 5.18 Å². The molecule has 0 aliphatic rings. The lowest BCUT2D eigenvalue weighted by Gasteiger charge is -1.82. The Kier molecular flexibility index (Phi) is 3.04. The van der Waals surface area contributed by atoms with Gasteiger partial charge in [-0.25, -0.2) is 0 Å². The highest BCUT2D eigenvalue weighted by Gasteiger charge is 1.94. The molecular formula is C3H5NO3. The summed E-state index contributed by atoms with van der Waals surface area (Å²) in [6, 6.07) is 0. The molecule has 7 heavy (non-hydrogen) atoms. The number of amides is 1. The number of carbonyl (C=O) groups excluding carboxylic acids is 1. The lowest BCUT2D eigenvalue weighted by molar-refractivity contribution is -0.121. The van der Waals surface area contributed by atoms with Crippen LogP contribution in [0.1, 0.15) is 0 Å². The van der Waals surface area contributed by atoms with Gasteiger partial charge in [-0.05, 0) is 0 Å². The van der Waals surface area contributed by atoms with Gasteiger partial charge in [-0.1, -0.05) is 0 Å². The smallest absolute Gasteiger partial charge is 0.311 e. The first-order valence-electron chi connectivity index (χ1n) is 1.66. The molecule has 0 heterocycles. The number of ether oxygens (including phenoxy) is 1. The number of hydrogen-bond donors (Lipinski definition) is 0. The van der Waals surface area contributed by atoms with Crippen LogP contribution >= 0.6 is 0 Å². The molecule has 40 valence electrons. The van der Waals surface area contributed by atoms with Crippen LogP contribution in [0.25, 0.3) is 0 Å². The fourth-order valence-electron chi connectivity index (χ4n) is 0.150. The summed E-state index contributed by atoms with van der Waals surface area (Å²) in [5, 5.41) is 2.06. The highest BCUT2D eigenvalue weighted by Crippen LogP contribution is 1.71. The van der Waals surface area contributed by atoms with Crippen LogP contribution in [0.4, 0.5) is 0 Å². The molecule has 4 nitrogen and oxygen atoms in total. The topological polar surface area (TPSA) is 55.7 Å². The van der Waals surface area contributed by atoms with E-state index < -0.39 is 5.91 Å². The summed E-state index contributed by atoms with van der Waals surface area (Å²) in [6.07, 6.45) is 0. The van der Waals surface area contributed by atoms with Crippen molar-refractivity contribution in [1.29, 1.82) is 0 Å². The molecule has 0 aromatic carbocycles. The quantitative estimate of drug-likeness (QED) is 0.459. The Bertz CT molecular complexity index is 80.2. The number of hydrogen-bond acceptors (Lipinski definition) is 3. The van der Waals surface area contributed by atoms with Gasteiger partial charge in [-0.2, -0.15) is 0 Å². The van der Waals surface area contributed by atoms with E-state index in [-0.39, 0.29) is 6.61 Å². The molecule has 0 unspecified atom stereocenters. The van der Waals surface area contributed by atoms with Crippen molar-refractivity contribution in [2.45, 2.75) is 0 Å². The van der Waals surface area contributed by atoms with E-state index >= 15 is 0 Å². The lowest BCUT2D eigenvalue weighted by atomic mass is 10.7. The van der Waals surface area contributed by atoms with Gasteiger partial charge in [-0.15, -0.1) is 4.91 Å². The molecule has 1 amide bonds. The van der Waals surface area contributed by atoms with E-state index in [9.17, 15) is 9.70 Å². The van der Waals surface area contributed by atoms with Gasteiger partial charge in [0.15, 0.2) is 0 Å². The van der Waals surface area contributed by atoms with Gasteiger partial charge in [0, 0.05) is 12.3 Å². The Morgan fingerprint density at radius 1 is 1.86 bits per heavy atom. The van der Waals surface area contributed by atoms with E-state index in [1.165, 1.54) is 7.11 Å². The van der Waals surface area contributed by atoms with E-state index in [1.807, 2.05) is 0 Å². The minimum atomic E-state index is -0.775. The van der Waals surface area contributed by atoms with Gasteiger partial charge < -0.3 is 4.74 Å². The van der Waals surface area contributed by atoms with Crippen LogP contribution in [0.15, 0.2) is 5.18 Å². The first-order chi connectivity index (χ1) is 3.31. The first kappa shape index (κ1) is 6.23. The monoisotopic (exact) mass is 103 g/mol. The van der Waals surface area contributed by atoms with Crippen molar-refractivity contribution in [1.82, 2.24) is 0 Å². The zero-order valence-electron chi connectivity index (χ0n) is 3.88. The molecular weight excluding hydrogens is 98.0 g/mol. The van der Waals surface area contributed by atoms with Crippen molar-refractivity contribution in [3.63, 3.8) is 0 Å². The largest absolute Gasteiger partial charge is 0.375 e. The van der Waals surface area contributed by atoms with Gasteiger partial charge >= 0.3 is 5.91 Å². The number of methoxy groups -OCH3 is 1. The van der Waals surface area contributed by atoms with Crippen LogP contribution in [0.2, 0.25) is 0 Å². The van der Waals surface area contributed by atoms with E-state index in [1.54, 1.807) is 0 Å². The fourth-order valence-corrected chi connectivity index (χ4v) is 0.150. The van der Waals surface area contributed by atoms with Crippen molar-refractivity contribution in [2.75, 3.05) is 13.7 Å². The molecule has 0 fully saturated rings. The number of carbonyl (C=O) groups is 1. The third-order valence-electron chi connectivity index (χ3n) is 0.370. The molecule has 0 aromatic rings. The molecule has 0 aliphatic heterocycles. The summed E-state index contributed by atoms with van der Waals surface area (Å²) in [7, 11) is 1.32. The summed E-state index contributed by atoms with van der Waals surface area (Å²) in [5.74, 6) is -0.775. The molecule has 0 bridgehead atoms. The minimum absolute atomic E-state index is 0.219. The Labute approximate surface area is 40.4 Å². The summed E-state index contributed by atoms with van der Waals surface area (Å²) in [5.41, 5.74) is 0. The van der Waals surface area contributed by atoms with E-state index in [2.05, 4.69) is 9.91 Å². The van der Waals surface area contributed by atoms with Crippen molar-refractivity contribution in [3.05, 3.63) is 4.91 Å². The maximum absolute atomic E-state index is 9.81. The summed E-state index contributed by atoms with van der Waals surface area (Å²) >= 11 is 0. The fraction of sp³-hybridized carbons (Fsp3) is 0.667.